The second-order valence-corrected chi connectivity index (χ2v) is 8.71. The second kappa shape index (κ2) is 9.77. The van der Waals surface area contributed by atoms with E-state index >= 15 is 0 Å². The molecule has 1 aliphatic heterocycles. The van der Waals surface area contributed by atoms with Crippen molar-refractivity contribution in [1.82, 2.24) is 9.97 Å². The number of nitrogens with one attached hydrogen (secondary N) is 1. The van der Waals surface area contributed by atoms with Crippen molar-refractivity contribution in [2.24, 2.45) is 5.92 Å². The first-order chi connectivity index (χ1) is 14.8. The Kier molecular flexibility index (Phi) is 7.10. The molecule has 0 radical (unpaired) electrons. The van der Waals surface area contributed by atoms with Crippen LogP contribution in [-0.2, 0) is 24.2 Å². The van der Waals surface area contributed by atoms with Gasteiger partial charge in [-0.05, 0) is 43.2 Å². The number of carbonyl (C=O) groups is 2. The number of sulfone groups is 1. The zero-order valence-electron chi connectivity index (χ0n) is 16.3. The Labute approximate surface area is 177 Å². The fourth-order valence-electron chi connectivity index (χ4n) is 3.05. The number of halogens is 2. The van der Waals surface area contributed by atoms with Crippen LogP contribution in [0.15, 0.2) is 47.6 Å². The minimum atomic E-state index is -4.70. The Morgan fingerprint density at radius 3 is 2.32 bits per heavy atom. The van der Waals surface area contributed by atoms with Crippen LogP contribution in [-0.4, -0.2) is 55.7 Å². The van der Waals surface area contributed by atoms with Crippen molar-refractivity contribution in [3.05, 3.63) is 42.7 Å². The lowest BCUT2D eigenvalue weighted by molar-refractivity contribution is -0.152. The third kappa shape index (κ3) is 5.72. The van der Waals surface area contributed by atoms with Gasteiger partial charge in [-0.25, -0.2) is 18.4 Å². The molecule has 1 aromatic heterocycles. The SMILES string of the molecule is O=C(COC(=O)C1CCN(c2ncccn2)CC1)Nc1ccc(S(=O)(=O)C(F)F)cc1. The van der Waals surface area contributed by atoms with E-state index in [9.17, 15) is 26.8 Å². The first kappa shape index (κ1) is 22.5. The number of hydrogen-bond acceptors (Lipinski definition) is 8. The molecule has 0 unspecified atom stereocenters. The highest BCUT2D eigenvalue weighted by atomic mass is 32.2. The molecule has 1 saturated heterocycles. The summed E-state index contributed by atoms with van der Waals surface area (Å²) in [5.41, 5.74) is 0.186. The van der Waals surface area contributed by atoms with Crippen molar-refractivity contribution in [2.45, 2.75) is 23.5 Å². The molecule has 0 bridgehead atoms. The average Bonchev–Trinajstić information content (AvgIpc) is 2.78. The number of alkyl halides is 2. The molecule has 12 heteroatoms. The van der Waals surface area contributed by atoms with E-state index in [1.165, 1.54) is 12.1 Å². The quantitative estimate of drug-likeness (QED) is 0.630. The lowest BCUT2D eigenvalue weighted by Gasteiger charge is -2.30. The Balaban J connectivity index is 1.44. The van der Waals surface area contributed by atoms with E-state index < -0.39 is 39.0 Å². The maximum absolute atomic E-state index is 12.5. The number of nitrogens with zero attached hydrogens (tertiary/aromatic N) is 3. The van der Waals surface area contributed by atoms with Crippen LogP contribution < -0.4 is 10.2 Å². The fraction of sp³-hybridized carbons (Fsp3) is 0.368. The number of carbonyl (C=O) groups excluding carboxylic acids is 2. The Bertz CT molecular complexity index is 1010. The molecule has 31 heavy (non-hydrogen) atoms. The smallest absolute Gasteiger partial charge is 0.341 e. The first-order valence-electron chi connectivity index (χ1n) is 9.38. The molecule has 0 aliphatic carbocycles. The summed E-state index contributed by atoms with van der Waals surface area (Å²) in [4.78, 5) is 34.0. The Morgan fingerprint density at radius 1 is 1.13 bits per heavy atom. The normalized spacial score (nSPS) is 15.0. The molecular formula is C19H20F2N4O5S. The van der Waals surface area contributed by atoms with Crippen LogP contribution in [0.5, 0.6) is 0 Å². The molecule has 0 atom stereocenters. The molecule has 0 spiro atoms. The maximum atomic E-state index is 12.5. The number of amides is 1. The maximum Gasteiger partial charge on any atom is 0.341 e. The van der Waals surface area contributed by atoms with Crippen LogP contribution in [0.4, 0.5) is 20.4 Å². The van der Waals surface area contributed by atoms with Gasteiger partial charge < -0.3 is 15.0 Å². The average molecular weight is 454 g/mol. The lowest BCUT2D eigenvalue weighted by atomic mass is 9.97. The molecule has 1 N–H and O–H groups in total. The summed E-state index contributed by atoms with van der Waals surface area (Å²) >= 11 is 0. The van der Waals surface area contributed by atoms with Crippen molar-refractivity contribution < 1.29 is 31.5 Å². The number of ether oxygens (including phenoxy) is 1. The topological polar surface area (TPSA) is 119 Å². The van der Waals surface area contributed by atoms with Crippen LogP contribution in [0.25, 0.3) is 0 Å². The zero-order valence-corrected chi connectivity index (χ0v) is 17.1. The van der Waals surface area contributed by atoms with Crippen LogP contribution in [0.2, 0.25) is 0 Å². The van der Waals surface area contributed by atoms with Gasteiger partial charge in [0.2, 0.25) is 15.8 Å². The van der Waals surface area contributed by atoms with Gasteiger partial charge in [0, 0.05) is 31.2 Å². The van der Waals surface area contributed by atoms with E-state index in [1.807, 2.05) is 4.90 Å². The number of hydrogen-bond donors (Lipinski definition) is 1. The van der Waals surface area contributed by atoms with Gasteiger partial charge in [0.25, 0.3) is 5.91 Å². The van der Waals surface area contributed by atoms with Gasteiger partial charge in [-0.3, -0.25) is 9.59 Å². The van der Waals surface area contributed by atoms with E-state index in [1.54, 1.807) is 18.5 Å². The standard InChI is InChI=1S/C19H20F2N4O5S/c20-18(21)31(28,29)15-4-2-14(3-5-15)24-16(26)12-30-17(27)13-6-10-25(11-7-13)19-22-8-1-9-23-19/h1-5,8-9,13,18H,6-7,10-12H2,(H,24,26). The first-order valence-corrected chi connectivity index (χ1v) is 10.9. The van der Waals surface area contributed by atoms with E-state index in [-0.39, 0.29) is 11.6 Å². The highest BCUT2D eigenvalue weighted by Gasteiger charge is 2.28. The van der Waals surface area contributed by atoms with Crippen molar-refractivity contribution in [3.8, 4) is 0 Å². The van der Waals surface area contributed by atoms with Crippen LogP contribution in [0, 0.1) is 5.92 Å². The van der Waals surface area contributed by atoms with Gasteiger partial charge >= 0.3 is 11.7 Å². The van der Waals surface area contributed by atoms with Gasteiger partial charge in [-0.15, -0.1) is 0 Å². The van der Waals surface area contributed by atoms with Gasteiger partial charge in [0.1, 0.15) is 0 Å². The molecule has 2 heterocycles. The molecule has 166 valence electrons. The third-order valence-electron chi connectivity index (χ3n) is 4.71. The molecule has 1 fully saturated rings. The van der Waals surface area contributed by atoms with Gasteiger partial charge in [-0.1, -0.05) is 0 Å². The van der Waals surface area contributed by atoms with Crippen molar-refractivity contribution in [1.29, 1.82) is 0 Å². The van der Waals surface area contributed by atoms with Gasteiger partial charge in [-0.2, -0.15) is 8.78 Å². The summed E-state index contributed by atoms with van der Waals surface area (Å²) in [7, 11) is -4.70. The molecule has 1 amide bonds. The van der Waals surface area contributed by atoms with Crippen LogP contribution in [0.1, 0.15) is 12.8 Å². The van der Waals surface area contributed by atoms with E-state index in [2.05, 4.69) is 15.3 Å². The number of esters is 1. The third-order valence-corrected chi connectivity index (χ3v) is 6.11. The highest BCUT2D eigenvalue weighted by Crippen LogP contribution is 2.22. The predicted molar refractivity (Wildman–Crippen MR) is 106 cm³/mol. The van der Waals surface area contributed by atoms with Crippen molar-refractivity contribution in [2.75, 3.05) is 29.9 Å². The van der Waals surface area contributed by atoms with Gasteiger partial charge in [0.15, 0.2) is 6.61 Å². The minimum Gasteiger partial charge on any atom is -0.455 e. The summed E-state index contributed by atoms with van der Waals surface area (Å²) in [5, 5.41) is 2.41. The lowest BCUT2D eigenvalue weighted by Crippen LogP contribution is -2.38. The largest absolute Gasteiger partial charge is 0.455 e. The molecule has 2 aromatic rings. The predicted octanol–water partition coefficient (Wildman–Crippen LogP) is 1.87. The number of aromatic nitrogens is 2. The second-order valence-electron chi connectivity index (χ2n) is 6.80. The molecule has 0 saturated carbocycles. The fourth-order valence-corrected chi connectivity index (χ4v) is 3.77. The van der Waals surface area contributed by atoms with E-state index in [0.29, 0.717) is 31.9 Å². The summed E-state index contributed by atoms with van der Waals surface area (Å²) in [6, 6.07) is 6.01. The summed E-state index contributed by atoms with van der Waals surface area (Å²) in [6.45, 7) is 0.658. The van der Waals surface area contributed by atoms with E-state index in [4.69, 9.17) is 4.74 Å². The zero-order chi connectivity index (χ0) is 22.4. The number of anilines is 2. The van der Waals surface area contributed by atoms with Crippen molar-refractivity contribution in [3.63, 3.8) is 0 Å². The molecule has 3 rings (SSSR count). The van der Waals surface area contributed by atoms with Crippen molar-refractivity contribution >= 4 is 33.3 Å². The Hall–Kier alpha value is -3.15. The molecular weight excluding hydrogens is 434 g/mol. The monoisotopic (exact) mass is 454 g/mol. The van der Waals surface area contributed by atoms with Gasteiger partial charge in [0.05, 0.1) is 10.8 Å². The molecule has 9 nitrogen and oxygen atoms in total. The van der Waals surface area contributed by atoms with E-state index in [0.717, 1.165) is 12.1 Å². The summed E-state index contributed by atoms with van der Waals surface area (Å²) in [5.74, 6) is -4.39. The van der Waals surface area contributed by atoms with Crippen LogP contribution >= 0.6 is 0 Å². The van der Waals surface area contributed by atoms with Crippen LogP contribution in [0.3, 0.4) is 0 Å². The molecule has 1 aliphatic rings. The highest BCUT2D eigenvalue weighted by molar-refractivity contribution is 7.91. The number of benzene rings is 1. The summed E-state index contributed by atoms with van der Waals surface area (Å²) in [6.07, 6.45) is 4.37. The number of rotatable bonds is 7. The molecule has 1 aromatic carbocycles. The number of piperidine rings is 1. The minimum absolute atomic E-state index is 0.186. The summed E-state index contributed by atoms with van der Waals surface area (Å²) < 4.78 is 52.9. The Morgan fingerprint density at radius 2 is 1.74 bits per heavy atom.